The first kappa shape index (κ1) is 16.1. The van der Waals surface area contributed by atoms with Gasteiger partial charge in [-0.2, -0.15) is 0 Å². The molecule has 0 fully saturated rings. The van der Waals surface area contributed by atoms with Crippen molar-refractivity contribution in [2.24, 2.45) is 0 Å². The van der Waals surface area contributed by atoms with E-state index >= 15 is 0 Å². The average Bonchev–Trinajstić information content (AvgIpc) is 2.79. The molecule has 0 amide bonds. The average molecular weight is 328 g/mol. The second-order valence-electron chi connectivity index (χ2n) is 4.79. The number of rotatable bonds is 7. The maximum absolute atomic E-state index is 10.8. The molecule has 5 nitrogen and oxygen atoms in total. The first-order valence-corrected chi connectivity index (χ1v) is 8.31. The van der Waals surface area contributed by atoms with E-state index in [-0.39, 0.29) is 11.8 Å². The number of pyridine rings is 1. The Balaban J connectivity index is 2.50. The lowest BCUT2D eigenvalue weighted by molar-refractivity contribution is -0.133. The minimum Gasteiger partial charge on any atom is -0.481 e. The summed E-state index contributed by atoms with van der Waals surface area (Å²) in [6, 6.07) is 2.04. The Morgan fingerprint density at radius 1 is 1.52 bits per heavy atom. The number of nitrogens with zero attached hydrogens (tertiary/aromatic N) is 3. The van der Waals surface area contributed by atoms with E-state index in [0.717, 1.165) is 24.9 Å². The standard InChI is InChI=1S/C14H18ClN3O2S/c1-3-5-10(4-2)18-13-11(6-9(15)7-16-13)17-14(18)21-8-12(19)20/h6-7,10H,3-5,8H2,1-2H3,(H,19,20). The highest BCUT2D eigenvalue weighted by Gasteiger charge is 2.19. The smallest absolute Gasteiger partial charge is 0.313 e. The highest BCUT2D eigenvalue weighted by Crippen LogP contribution is 2.31. The van der Waals surface area contributed by atoms with Gasteiger partial charge in [0.15, 0.2) is 10.8 Å². The van der Waals surface area contributed by atoms with Crippen LogP contribution in [0.2, 0.25) is 5.02 Å². The van der Waals surface area contributed by atoms with Crippen molar-refractivity contribution in [1.29, 1.82) is 0 Å². The zero-order valence-corrected chi connectivity index (χ0v) is 13.6. The number of carboxylic acid groups (broad SMARTS) is 1. The maximum atomic E-state index is 10.8. The van der Waals surface area contributed by atoms with Gasteiger partial charge in [0.05, 0.1) is 10.8 Å². The van der Waals surface area contributed by atoms with Gasteiger partial charge in [-0.25, -0.2) is 9.97 Å². The molecule has 2 aromatic rings. The monoisotopic (exact) mass is 327 g/mol. The van der Waals surface area contributed by atoms with Crippen LogP contribution in [-0.4, -0.2) is 31.4 Å². The van der Waals surface area contributed by atoms with E-state index in [1.807, 2.05) is 0 Å². The third-order valence-corrected chi connectivity index (χ3v) is 4.39. The summed E-state index contributed by atoms with van der Waals surface area (Å²) in [6.07, 6.45) is 4.61. The zero-order valence-electron chi connectivity index (χ0n) is 12.0. The molecule has 0 aliphatic rings. The van der Waals surface area contributed by atoms with Crippen LogP contribution in [0.1, 0.15) is 39.2 Å². The summed E-state index contributed by atoms with van der Waals surface area (Å²) in [5.74, 6) is -0.868. The van der Waals surface area contributed by atoms with Gasteiger partial charge in [-0.15, -0.1) is 0 Å². The van der Waals surface area contributed by atoms with E-state index < -0.39 is 5.97 Å². The third kappa shape index (κ3) is 3.68. The summed E-state index contributed by atoms with van der Waals surface area (Å²) in [7, 11) is 0. The van der Waals surface area contributed by atoms with Gasteiger partial charge in [0.1, 0.15) is 5.52 Å². The number of hydrogen-bond donors (Lipinski definition) is 1. The first-order chi connectivity index (χ1) is 10.1. The van der Waals surface area contributed by atoms with Crippen molar-refractivity contribution in [1.82, 2.24) is 14.5 Å². The van der Waals surface area contributed by atoms with E-state index in [0.29, 0.717) is 15.7 Å². The number of carboxylic acids is 1. The lowest BCUT2D eigenvalue weighted by Crippen LogP contribution is -2.11. The van der Waals surface area contributed by atoms with Crippen molar-refractivity contribution in [2.75, 3.05) is 5.75 Å². The lowest BCUT2D eigenvalue weighted by atomic mass is 10.1. The largest absolute Gasteiger partial charge is 0.481 e. The number of aliphatic carboxylic acids is 1. The zero-order chi connectivity index (χ0) is 15.4. The Hall–Kier alpha value is -1.27. The number of aromatic nitrogens is 3. The number of thioether (sulfide) groups is 1. The Kier molecular flexibility index (Phi) is 5.47. The summed E-state index contributed by atoms with van der Waals surface area (Å²) in [5, 5.41) is 10.1. The van der Waals surface area contributed by atoms with E-state index in [1.165, 1.54) is 11.8 Å². The number of carbonyl (C=O) groups is 1. The fourth-order valence-corrected chi connectivity index (χ4v) is 3.29. The lowest BCUT2D eigenvalue weighted by Gasteiger charge is -2.18. The molecule has 0 aliphatic carbocycles. The minimum absolute atomic E-state index is 0.0143. The molecule has 1 atom stereocenters. The van der Waals surface area contributed by atoms with Crippen LogP contribution in [0.3, 0.4) is 0 Å². The molecular weight excluding hydrogens is 310 g/mol. The Labute approximate surface area is 132 Å². The molecule has 7 heteroatoms. The van der Waals surface area contributed by atoms with Crippen molar-refractivity contribution < 1.29 is 9.90 Å². The second-order valence-corrected chi connectivity index (χ2v) is 6.17. The van der Waals surface area contributed by atoms with Crippen molar-refractivity contribution in [3.8, 4) is 0 Å². The quantitative estimate of drug-likeness (QED) is 0.778. The van der Waals surface area contributed by atoms with Gasteiger partial charge >= 0.3 is 5.97 Å². The van der Waals surface area contributed by atoms with E-state index in [9.17, 15) is 4.79 Å². The van der Waals surface area contributed by atoms with Gasteiger partial charge in [-0.3, -0.25) is 4.79 Å². The second kappa shape index (κ2) is 7.13. The summed E-state index contributed by atoms with van der Waals surface area (Å²) >= 11 is 7.20. The van der Waals surface area contributed by atoms with Crippen LogP contribution in [0.4, 0.5) is 0 Å². The van der Waals surface area contributed by atoms with Gasteiger partial charge in [0, 0.05) is 12.2 Å². The normalized spacial score (nSPS) is 12.7. The van der Waals surface area contributed by atoms with Gasteiger partial charge in [-0.05, 0) is 18.9 Å². The molecule has 0 bridgehead atoms. The van der Waals surface area contributed by atoms with Gasteiger partial charge < -0.3 is 9.67 Å². The highest BCUT2D eigenvalue weighted by molar-refractivity contribution is 7.99. The molecule has 0 radical (unpaired) electrons. The number of imidazole rings is 1. The summed E-state index contributed by atoms with van der Waals surface area (Å²) in [6.45, 7) is 4.25. The molecule has 0 spiro atoms. The van der Waals surface area contributed by atoms with E-state index in [2.05, 4.69) is 28.4 Å². The molecule has 0 aliphatic heterocycles. The van der Waals surface area contributed by atoms with E-state index in [1.54, 1.807) is 12.3 Å². The number of halogens is 1. The topological polar surface area (TPSA) is 68.0 Å². The van der Waals surface area contributed by atoms with Gasteiger partial charge in [0.2, 0.25) is 0 Å². The molecule has 2 heterocycles. The fraction of sp³-hybridized carbons (Fsp3) is 0.500. The Bertz CT molecular complexity index is 644. The van der Waals surface area contributed by atoms with Crippen LogP contribution >= 0.6 is 23.4 Å². The minimum atomic E-state index is -0.854. The molecule has 0 saturated carbocycles. The maximum Gasteiger partial charge on any atom is 0.313 e. The van der Waals surface area contributed by atoms with Crippen molar-refractivity contribution in [2.45, 2.75) is 44.3 Å². The van der Waals surface area contributed by atoms with Crippen molar-refractivity contribution in [3.05, 3.63) is 17.3 Å². The molecular formula is C14H18ClN3O2S. The molecule has 2 aromatic heterocycles. The molecule has 1 N–H and O–H groups in total. The summed E-state index contributed by atoms with van der Waals surface area (Å²) < 4.78 is 2.06. The Morgan fingerprint density at radius 3 is 2.90 bits per heavy atom. The predicted molar refractivity (Wildman–Crippen MR) is 85.1 cm³/mol. The highest BCUT2D eigenvalue weighted by atomic mass is 35.5. The molecule has 21 heavy (non-hydrogen) atoms. The van der Waals surface area contributed by atoms with Crippen molar-refractivity contribution >= 4 is 40.5 Å². The molecule has 0 aromatic carbocycles. The molecule has 2 rings (SSSR count). The van der Waals surface area contributed by atoms with Crippen LogP contribution < -0.4 is 0 Å². The molecule has 114 valence electrons. The SMILES string of the molecule is CCCC(CC)n1c(SCC(=O)O)nc2cc(Cl)cnc21. The van der Waals surface area contributed by atoms with Crippen molar-refractivity contribution in [3.63, 3.8) is 0 Å². The molecule has 0 saturated heterocycles. The fourth-order valence-electron chi connectivity index (χ4n) is 2.34. The number of hydrogen-bond acceptors (Lipinski definition) is 4. The van der Waals surface area contributed by atoms with Gasteiger partial charge in [0.25, 0.3) is 0 Å². The first-order valence-electron chi connectivity index (χ1n) is 6.94. The Morgan fingerprint density at radius 2 is 2.29 bits per heavy atom. The van der Waals surface area contributed by atoms with Crippen LogP contribution in [0.15, 0.2) is 17.4 Å². The van der Waals surface area contributed by atoms with Crippen LogP contribution in [0, 0.1) is 0 Å². The van der Waals surface area contributed by atoms with Crippen LogP contribution in [-0.2, 0) is 4.79 Å². The summed E-state index contributed by atoms with van der Waals surface area (Å²) in [5.41, 5.74) is 1.48. The van der Waals surface area contributed by atoms with Crippen LogP contribution in [0.5, 0.6) is 0 Å². The van der Waals surface area contributed by atoms with Crippen LogP contribution in [0.25, 0.3) is 11.2 Å². The number of fused-ring (bicyclic) bond motifs is 1. The van der Waals surface area contributed by atoms with Gasteiger partial charge in [-0.1, -0.05) is 43.6 Å². The third-order valence-electron chi connectivity index (χ3n) is 3.25. The predicted octanol–water partition coefficient (Wildman–Crippen LogP) is 4.01. The summed E-state index contributed by atoms with van der Waals surface area (Å²) in [4.78, 5) is 19.7. The molecule has 1 unspecified atom stereocenters. The van der Waals surface area contributed by atoms with E-state index in [4.69, 9.17) is 16.7 Å².